The van der Waals surface area contributed by atoms with E-state index in [2.05, 4.69) is 35.3 Å². The molecule has 2 unspecified atom stereocenters. The van der Waals surface area contributed by atoms with Crippen LogP contribution in [0.2, 0.25) is 0 Å². The molecule has 3 aliphatic rings. The minimum atomic E-state index is 0.131. The summed E-state index contributed by atoms with van der Waals surface area (Å²) in [6.07, 6.45) is 5.55. The van der Waals surface area contributed by atoms with E-state index >= 15 is 0 Å². The maximum Gasteiger partial charge on any atom is 0.187 e. The number of ether oxygens (including phenoxy) is 1. The Kier molecular flexibility index (Phi) is 1.11. The molecular formula is C13H11NO. The summed E-state index contributed by atoms with van der Waals surface area (Å²) in [5.74, 6) is 1.77. The van der Waals surface area contributed by atoms with Gasteiger partial charge in [-0.2, -0.15) is 0 Å². The number of fused-ring (bicyclic) bond motifs is 1. The summed E-state index contributed by atoms with van der Waals surface area (Å²) in [5.41, 5.74) is 2.86. The monoisotopic (exact) mass is 197 g/mol. The van der Waals surface area contributed by atoms with E-state index in [1.807, 2.05) is 6.92 Å². The fourth-order valence-corrected chi connectivity index (χ4v) is 2.94. The van der Waals surface area contributed by atoms with E-state index in [1.165, 1.54) is 11.1 Å². The molecule has 1 heterocycles. The minimum absolute atomic E-state index is 0.131. The third-order valence-electron chi connectivity index (χ3n) is 3.72. The van der Waals surface area contributed by atoms with Crippen LogP contribution in [-0.2, 0) is 11.8 Å². The van der Waals surface area contributed by atoms with E-state index in [-0.39, 0.29) is 5.41 Å². The summed E-state index contributed by atoms with van der Waals surface area (Å²) in [7, 11) is 0. The molecule has 0 aromatic heterocycles. The van der Waals surface area contributed by atoms with Crippen LogP contribution >= 0.6 is 0 Å². The van der Waals surface area contributed by atoms with Gasteiger partial charge < -0.3 is 4.74 Å². The Hall–Kier alpha value is -1.57. The molecule has 0 saturated heterocycles. The molecule has 0 N–H and O–H groups in total. The van der Waals surface area contributed by atoms with Crippen LogP contribution in [-0.4, -0.2) is 11.9 Å². The van der Waals surface area contributed by atoms with Gasteiger partial charge in [0, 0.05) is 17.9 Å². The number of aliphatic imine (C=N–C) groups is 1. The summed E-state index contributed by atoms with van der Waals surface area (Å²) in [6.45, 7) is 1.93. The lowest BCUT2D eigenvalue weighted by Crippen LogP contribution is -2.41. The van der Waals surface area contributed by atoms with Gasteiger partial charge >= 0.3 is 0 Å². The molecule has 1 aromatic carbocycles. The van der Waals surface area contributed by atoms with Crippen LogP contribution in [0.3, 0.4) is 0 Å². The van der Waals surface area contributed by atoms with Crippen molar-refractivity contribution in [3.63, 3.8) is 0 Å². The maximum atomic E-state index is 5.75. The molecule has 4 rings (SSSR count). The lowest BCUT2D eigenvalue weighted by Gasteiger charge is -2.37. The van der Waals surface area contributed by atoms with Crippen LogP contribution in [0.1, 0.15) is 18.1 Å². The second-order valence-corrected chi connectivity index (χ2v) is 4.60. The molecule has 0 fully saturated rings. The fourth-order valence-electron chi connectivity index (χ4n) is 2.94. The van der Waals surface area contributed by atoms with Crippen molar-refractivity contribution in [1.29, 1.82) is 0 Å². The Bertz CT molecular complexity index is 529. The predicted molar refractivity (Wildman–Crippen MR) is 58.5 cm³/mol. The molecule has 0 saturated carbocycles. The molecule has 2 atom stereocenters. The van der Waals surface area contributed by atoms with E-state index in [1.54, 1.807) is 0 Å². The van der Waals surface area contributed by atoms with Crippen molar-refractivity contribution in [3.05, 3.63) is 41.5 Å². The first-order valence-electron chi connectivity index (χ1n) is 5.33. The van der Waals surface area contributed by atoms with Gasteiger partial charge in [0.2, 0.25) is 0 Å². The van der Waals surface area contributed by atoms with Gasteiger partial charge in [0.05, 0.1) is 6.04 Å². The number of hydrogen-bond acceptors (Lipinski definition) is 2. The first-order valence-corrected chi connectivity index (χ1v) is 5.33. The van der Waals surface area contributed by atoms with Gasteiger partial charge in [0.25, 0.3) is 0 Å². The van der Waals surface area contributed by atoms with Crippen molar-refractivity contribution < 1.29 is 4.74 Å². The SMILES string of the molecule is CC1=NC2C=CC23Cc2ccc(c3c2)O1. The van der Waals surface area contributed by atoms with Gasteiger partial charge in [-0.3, -0.25) is 0 Å². The van der Waals surface area contributed by atoms with E-state index < -0.39 is 0 Å². The van der Waals surface area contributed by atoms with Crippen LogP contribution in [0.25, 0.3) is 0 Å². The lowest BCUT2D eigenvalue weighted by atomic mass is 9.68. The number of rotatable bonds is 0. The zero-order chi connectivity index (χ0) is 10.0. The number of benzene rings is 1. The Morgan fingerprint density at radius 2 is 2.40 bits per heavy atom. The summed E-state index contributed by atoms with van der Waals surface area (Å²) >= 11 is 0. The highest BCUT2D eigenvalue weighted by atomic mass is 16.5. The smallest absolute Gasteiger partial charge is 0.187 e. The van der Waals surface area contributed by atoms with Gasteiger partial charge in [-0.25, -0.2) is 4.99 Å². The average molecular weight is 197 g/mol. The van der Waals surface area contributed by atoms with E-state index in [0.717, 1.165) is 18.1 Å². The maximum absolute atomic E-state index is 5.75. The van der Waals surface area contributed by atoms with Crippen LogP contribution in [0, 0.1) is 0 Å². The zero-order valence-corrected chi connectivity index (χ0v) is 8.53. The summed E-state index contributed by atoms with van der Waals surface area (Å²) < 4.78 is 5.75. The molecule has 2 nitrogen and oxygen atoms in total. The second kappa shape index (κ2) is 2.16. The molecule has 0 radical (unpaired) electrons. The molecule has 15 heavy (non-hydrogen) atoms. The molecule has 1 aromatic rings. The highest BCUT2D eigenvalue weighted by Gasteiger charge is 2.49. The van der Waals surface area contributed by atoms with Gasteiger partial charge in [0.15, 0.2) is 5.90 Å². The molecular weight excluding hydrogens is 186 g/mol. The molecule has 2 aliphatic carbocycles. The number of hydrogen-bond donors (Lipinski definition) is 0. The fraction of sp³-hybridized carbons (Fsp3) is 0.308. The second-order valence-electron chi connectivity index (χ2n) is 4.60. The predicted octanol–water partition coefficient (Wildman–Crippen LogP) is 2.23. The minimum Gasteiger partial charge on any atom is -0.443 e. The largest absolute Gasteiger partial charge is 0.443 e. The molecule has 2 bridgehead atoms. The van der Waals surface area contributed by atoms with Gasteiger partial charge in [-0.15, -0.1) is 0 Å². The number of nitrogens with zero attached hydrogens (tertiary/aromatic N) is 1. The van der Waals surface area contributed by atoms with E-state index in [4.69, 9.17) is 4.74 Å². The van der Waals surface area contributed by atoms with Crippen molar-refractivity contribution >= 4 is 5.90 Å². The van der Waals surface area contributed by atoms with Gasteiger partial charge in [-0.1, -0.05) is 24.3 Å². The lowest BCUT2D eigenvalue weighted by molar-refractivity contribution is 0.450. The molecule has 1 spiro atoms. The van der Waals surface area contributed by atoms with Gasteiger partial charge in [0.1, 0.15) is 5.75 Å². The van der Waals surface area contributed by atoms with Crippen LogP contribution < -0.4 is 4.74 Å². The summed E-state index contributed by atoms with van der Waals surface area (Å²) in [6, 6.07) is 6.79. The van der Waals surface area contributed by atoms with Crippen molar-refractivity contribution in [2.45, 2.75) is 24.8 Å². The van der Waals surface area contributed by atoms with Crippen LogP contribution in [0.15, 0.2) is 35.3 Å². The first-order chi connectivity index (χ1) is 7.28. The van der Waals surface area contributed by atoms with E-state index in [0.29, 0.717) is 6.04 Å². The molecule has 74 valence electrons. The summed E-state index contributed by atoms with van der Waals surface area (Å²) in [5, 5.41) is 0. The Morgan fingerprint density at radius 3 is 3.20 bits per heavy atom. The van der Waals surface area contributed by atoms with E-state index in [9.17, 15) is 0 Å². The van der Waals surface area contributed by atoms with Crippen molar-refractivity contribution in [3.8, 4) is 5.75 Å². The molecule has 0 amide bonds. The van der Waals surface area contributed by atoms with Crippen LogP contribution in [0.5, 0.6) is 5.75 Å². The summed E-state index contributed by atoms with van der Waals surface area (Å²) in [4.78, 5) is 4.60. The Labute approximate surface area is 88.3 Å². The zero-order valence-electron chi connectivity index (χ0n) is 8.53. The highest BCUT2D eigenvalue weighted by molar-refractivity contribution is 5.79. The Morgan fingerprint density at radius 1 is 1.47 bits per heavy atom. The topological polar surface area (TPSA) is 21.6 Å². The third-order valence-corrected chi connectivity index (χ3v) is 3.72. The third kappa shape index (κ3) is 0.751. The Balaban J connectivity index is 2.05. The standard InChI is InChI=1S/C13H11NO/c1-8-14-12-4-5-13(12)7-9-2-3-11(15-8)10(13)6-9/h2-6,12H,7H2,1H3. The van der Waals surface area contributed by atoms with Gasteiger partial charge in [-0.05, 0) is 18.1 Å². The normalized spacial score (nSPS) is 33.7. The van der Waals surface area contributed by atoms with Crippen molar-refractivity contribution in [2.75, 3.05) is 0 Å². The molecule has 1 aliphatic heterocycles. The first kappa shape index (κ1) is 7.69. The average Bonchev–Trinajstić information content (AvgIpc) is 2.51. The van der Waals surface area contributed by atoms with Crippen LogP contribution in [0.4, 0.5) is 0 Å². The van der Waals surface area contributed by atoms with Crippen molar-refractivity contribution in [2.24, 2.45) is 4.99 Å². The molecule has 2 heteroatoms. The quantitative estimate of drug-likeness (QED) is 0.584. The van der Waals surface area contributed by atoms with Crippen molar-refractivity contribution in [1.82, 2.24) is 0 Å². The highest BCUT2D eigenvalue weighted by Crippen LogP contribution is 2.51.